The van der Waals surface area contributed by atoms with E-state index in [1.165, 1.54) is 44.9 Å². The third-order valence-corrected chi connectivity index (χ3v) is 10.2. The fraction of sp³-hybridized carbons (Fsp3) is 1.00. The quantitative estimate of drug-likeness (QED) is 0.632. The summed E-state index contributed by atoms with van der Waals surface area (Å²) in [4.78, 5) is 0. The van der Waals surface area contributed by atoms with Crippen molar-refractivity contribution in [2.75, 3.05) is 6.61 Å². The van der Waals surface area contributed by atoms with Crippen molar-refractivity contribution < 1.29 is 9.84 Å². The van der Waals surface area contributed by atoms with Crippen molar-refractivity contribution in [3.8, 4) is 0 Å². The SMILES string of the molecule is C[C@@H]1CC[C@H](C2(C)CO2)[C@@]2(C)CC[C@H]3[C@@H](CC[C@H]4C[C@](C)(O)CC[C@@H]43)[C@H]12. The number of aliphatic hydroxyl groups is 1. The fourth-order valence-electron chi connectivity index (χ4n) is 9.09. The smallest absolute Gasteiger partial charge is 0.0921 e. The van der Waals surface area contributed by atoms with Gasteiger partial charge in [-0.15, -0.1) is 0 Å². The molecule has 2 nitrogen and oxygen atoms in total. The first-order valence-electron chi connectivity index (χ1n) is 11.6. The minimum absolute atomic E-state index is 0.195. The molecule has 0 amide bonds. The molecule has 1 unspecified atom stereocenters. The Morgan fingerprint density at radius 1 is 0.846 bits per heavy atom. The molecule has 0 aromatic carbocycles. The van der Waals surface area contributed by atoms with E-state index in [0.29, 0.717) is 5.41 Å². The zero-order chi connectivity index (χ0) is 18.3. The highest BCUT2D eigenvalue weighted by molar-refractivity contribution is 5.12. The maximum absolute atomic E-state index is 10.6. The average Bonchev–Trinajstić information content (AvgIpc) is 3.31. The molecule has 4 aliphatic carbocycles. The van der Waals surface area contributed by atoms with Gasteiger partial charge in [0.1, 0.15) is 0 Å². The lowest BCUT2D eigenvalue weighted by atomic mass is 9.42. The van der Waals surface area contributed by atoms with Gasteiger partial charge in [-0.25, -0.2) is 0 Å². The van der Waals surface area contributed by atoms with Crippen LogP contribution in [-0.2, 0) is 4.74 Å². The first-order chi connectivity index (χ1) is 12.2. The summed E-state index contributed by atoms with van der Waals surface area (Å²) in [5.41, 5.74) is 0.302. The summed E-state index contributed by atoms with van der Waals surface area (Å²) < 4.78 is 6.00. The van der Waals surface area contributed by atoms with Gasteiger partial charge < -0.3 is 9.84 Å². The van der Waals surface area contributed by atoms with Crippen molar-refractivity contribution in [2.24, 2.45) is 46.8 Å². The van der Waals surface area contributed by atoms with Gasteiger partial charge in [-0.05, 0) is 112 Å². The molecule has 1 N–H and O–H groups in total. The van der Waals surface area contributed by atoms with Crippen LogP contribution in [0.5, 0.6) is 0 Å². The molecule has 0 aromatic heterocycles. The molecule has 10 atom stereocenters. The minimum Gasteiger partial charge on any atom is -0.390 e. The summed E-state index contributed by atoms with van der Waals surface area (Å²) in [5, 5.41) is 10.6. The molecule has 0 aromatic rings. The number of rotatable bonds is 1. The van der Waals surface area contributed by atoms with Crippen molar-refractivity contribution in [3.63, 3.8) is 0 Å². The first-order valence-corrected chi connectivity index (χ1v) is 11.6. The van der Waals surface area contributed by atoms with Gasteiger partial charge in [0.2, 0.25) is 0 Å². The maximum Gasteiger partial charge on any atom is 0.0921 e. The normalized spacial score (nSPS) is 62.0. The zero-order valence-corrected chi connectivity index (χ0v) is 17.5. The number of epoxide rings is 1. The Morgan fingerprint density at radius 3 is 2.31 bits per heavy atom. The standard InChI is InChI=1S/C24H40O2/c1-15-5-8-20(24(4)14-26-24)23(3)12-10-18-17-9-11-22(2,25)13-16(17)6-7-19(18)21(15)23/h15-21,25H,5-14H2,1-4H3/t15-,16+,17+,18-,19-,20+,21+,22-,23-,24?/m1/s1. The van der Waals surface area contributed by atoms with Crippen LogP contribution < -0.4 is 0 Å². The van der Waals surface area contributed by atoms with Crippen molar-refractivity contribution >= 4 is 0 Å². The van der Waals surface area contributed by atoms with Gasteiger partial charge >= 0.3 is 0 Å². The van der Waals surface area contributed by atoms with E-state index in [1.54, 1.807) is 0 Å². The van der Waals surface area contributed by atoms with Gasteiger partial charge in [0.15, 0.2) is 0 Å². The third kappa shape index (κ3) is 2.57. The number of fused-ring (bicyclic) bond motifs is 5. The summed E-state index contributed by atoms with van der Waals surface area (Å²) in [6.45, 7) is 10.7. The van der Waals surface area contributed by atoms with E-state index in [4.69, 9.17) is 4.74 Å². The van der Waals surface area contributed by atoms with Crippen LogP contribution in [0, 0.1) is 46.8 Å². The molecule has 148 valence electrons. The zero-order valence-electron chi connectivity index (χ0n) is 17.5. The molecule has 1 saturated heterocycles. The lowest BCUT2D eigenvalue weighted by molar-refractivity contribution is -0.152. The lowest BCUT2D eigenvalue weighted by Gasteiger charge is -2.63. The van der Waals surface area contributed by atoms with Crippen molar-refractivity contribution in [1.29, 1.82) is 0 Å². The van der Waals surface area contributed by atoms with E-state index >= 15 is 0 Å². The Morgan fingerprint density at radius 2 is 1.58 bits per heavy atom. The highest BCUT2D eigenvalue weighted by atomic mass is 16.6. The molecule has 0 radical (unpaired) electrons. The lowest BCUT2D eigenvalue weighted by Crippen LogP contribution is -2.57. The van der Waals surface area contributed by atoms with E-state index in [9.17, 15) is 5.11 Å². The summed E-state index contributed by atoms with van der Waals surface area (Å²) in [7, 11) is 0. The molecule has 4 saturated carbocycles. The fourth-order valence-corrected chi connectivity index (χ4v) is 9.09. The Bertz CT molecular complexity index is 565. The topological polar surface area (TPSA) is 32.8 Å². The minimum atomic E-state index is -0.391. The van der Waals surface area contributed by atoms with Crippen LogP contribution in [0.25, 0.3) is 0 Å². The summed E-state index contributed by atoms with van der Waals surface area (Å²) in [6.07, 6.45) is 11.8. The first kappa shape index (κ1) is 18.0. The Balaban J connectivity index is 1.42. The maximum atomic E-state index is 10.6. The molecule has 5 fully saturated rings. The van der Waals surface area contributed by atoms with Gasteiger partial charge in [0.05, 0.1) is 17.8 Å². The largest absolute Gasteiger partial charge is 0.390 e. The molecule has 0 spiro atoms. The number of ether oxygens (including phenoxy) is 1. The Labute approximate surface area is 160 Å². The molecular weight excluding hydrogens is 320 g/mol. The van der Waals surface area contributed by atoms with Gasteiger partial charge in [0.25, 0.3) is 0 Å². The van der Waals surface area contributed by atoms with Crippen LogP contribution in [0.15, 0.2) is 0 Å². The molecule has 1 aliphatic heterocycles. The predicted molar refractivity (Wildman–Crippen MR) is 105 cm³/mol. The van der Waals surface area contributed by atoms with Crippen molar-refractivity contribution in [3.05, 3.63) is 0 Å². The van der Waals surface area contributed by atoms with E-state index in [2.05, 4.69) is 27.7 Å². The van der Waals surface area contributed by atoms with Gasteiger partial charge in [-0.1, -0.05) is 20.3 Å². The Kier molecular flexibility index (Phi) is 3.96. The monoisotopic (exact) mass is 360 g/mol. The van der Waals surface area contributed by atoms with Crippen molar-refractivity contribution in [1.82, 2.24) is 0 Å². The highest BCUT2D eigenvalue weighted by Crippen LogP contribution is 2.67. The summed E-state index contributed by atoms with van der Waals surface area (Å²) in [6, 6.07) is 0. The molecule has 0 bridgehead atoms. The number of hydrogen-bond donors (Lipinski definition) is 1. The van der Waals surface area contributed by atoms with Crippen LogP contribution in [0.3, 0.4) is 0 Å². The predicted octanol–water partition coefficient (Wildman–Crippen LogP) is 5.43. The van der Waals surface area contributed by atoms with Crippen molar-refractivity contribution in [2.45, 2.75) is 96.7 Å². The highest BCUT2D eigenvalue weighted by Gasteiger charge is 2.63. The van der Waals surface area contributed by atoms with Crippen LogP contribution in [0.2, 0.25) is 0 Å². The second-order valence-electron chi connectivity index (χ2n) is 11.8. The van der Waals surface area contributed by atoms with E-state index < -0.39 is 5.60 Å². The number of hydrogen-bond acceptors (Lipinski definition) is 2. The van der Waals surface area contributed by atoms with Gasteiger partial charge in [0, 0.05) is 0 Å². The molecule has 2 heteroatoms. The summed E-state index contributed by atoms with van der Waals surface area (Å²) in [5.74, 6) is 6.15. The van der Waals surface area contributed by atoms with Crippen LogP contribution >= 0.6 is 0 Å². The molecular formula is C24H40O2. The molecule has 26 heavy (non-hydrogen) atoms. The van der Waals surface area contributed by atoms with Gasteiger partial charge in [-0.3, -0.25) is 0 Å². The third-order valence-electron chi connectivity index (χ3n) is 10.2. The van der Waals surface area contributed by atoms with Crippen LogP contribution in [-0.4, -0.2) is 22.9 Å². The average molecular weight is 361 g/mol. The molecule has 5 rings (SSSR count). The second kappa shape index (κ2) is 5.72. The van der Waals surface area contributed by atoms with Gasteiger partial charge in [-0.2, -0.15) is 0 Å². The van der Waals surface area contributed by atoms with E-state index in [1.807, 2.05) is 0 Å². The Hall–Kier alpha value is -0.0800. The van der Waals surface area contributed by atoms with E-state index in [-0.39, 0.29) is 5.60 Å². The van der Waals surface area contributed by atoms with E-state index in [0.717, 1.165) is 60.9 Å². The summed E-state index contributed by atoms with van der Waals surface area (Å²) >= 11 is 0. The molecule has 5 aliphatic rings. The van der Waals surface area contributed by atoms with Crippen LogP contribution in [0.4, 0.5) is 0 Å². The van der Waals surface area contributed by atoms with Crippen LogP contribution in [0.1, 0.15) is 85.5 Å². The molecule has 1 heterocycles. The second-order valence-corrected chi connectivity index (χ2v) is 11.8.